The van der Waals surface area contributed by atoms with Crippen molar-refractivity contribution in [3.8, 4) is 0 Å². The number of aryl methyl sites for hydroxylation is 2. The van der Waals surface area contributed by atoms with Crippen LogP contribution in [-0.4, -0.2) is 21.9 Å². The van der Waals surface area contributed by atoms with E-state index in [1.54, 1.807) is 57.2 Å². The zero-order chi connectivity index (χ0) is 19.5. The molecule has 0 aliphatic carbocycles. The molecule has 136 valence electrons. The summed E-state index contributed by atoms with van der Waals surface area (Å²) < 4.78 is 0. The number of hydrogen-bond donors (Lipinski definition) is 2. The zero-order valence-corrected chi connectivity index (χ0v) is 14.8. The highest BCUT2D eigenvalue weighted by Crippen LogP contribution is 2.28. The Kier molecular flexibility index (Phi) is 5.40. The molecule has 0 bridgehead atoms. The molecule has 0 aromatic heterocycles. The van der Waals surface area contributed by atoms with Crippen LogP contribution in [0.4, 0.5) is 5.69 Å². The van der Waals surface area contributed by atoms with E-state index in [9.17, 15) is 24.8 Å². The Morgan fingerprint density at radius 1 is 1.15 bits per heavy atom. The largest absolute Gasteiger partial charge is 0.479 e. The number of amides is 1. The van der Waals surface area contributed by atoms with Crippen LogP contribution < -0.4 is 5.32 Å². The second-order valence-corrected chi connectivity index (χ2v) is 6.09. The summed E-state index contributed by atoms with van der Waals surface area (Å²) in [4.78, 5) is 35.4. The maximum absolute atomic E-state index is 12.8. The van der Waals surface area contributed by atoms with Crippen molar-refractivity contribution in [1.29, 1.82) is 0 Å². The van der Waals surface area contributed by atoms with Gasteiger partial charge in [-0.2, -0.15) is 0 Å². The van der Waals surface area contributed by atoms with Crippen molar-refractivity contribution in [2.24, 2.45) is 0 Å². The van der Waals surface area contributed by atoms with Crippen molar-refractivity contribution < 1.29 is 19.6 Å². The van der Waals surface area contributed by atoms with Crippen molar-refractivity contribution in [3.05, 3.63) is 74.8 Å². The predicted octanol–water partition coefficient (Wildman–Crippen LogP) is 3.33. The standard InChI is InChI=1S/C19H20N2O5/c1-4-19(18(23)24,14-8-6-5-7-9-14)20-17(22)15-11-16(21(25)26)13(3)10-12(15)2/h5-11H,4H2,1-3H3,(H,20,22)(H,23,24). The van der Waals surface area contributed by atoms with Crippen LogP contribution in [0.2, 0.25) is 0 Å². The van der Waals surface area contributed by atoms with Crippen LogP contribution in [0.15, 0.2) is 42.5 Å². The SMILES string of the molecule is CCC(NC(=O)c1cc([N+](=O)[O-])c(C)cc1C)(C(=O)O)c1ccccc1. The number of carboxylic acid groups (broad SMARTS) is 1. The number of benzene rings is 2. The summed E-state index contributed by atoms with van der Waals surface area (Å²) in [7, 11) is 0. The second kappa shape index (κ2) is 7.35. The molecule has 1 unspecified atom stereocenters. The third-order valence-corrected chi connectivity index (χ3v) is 4.47. The van der Waals surface area contributed by atoms with Gasteiger partial charge in [0.15, 0.2) is 5.54 Å². The summed E-state index contributed by atoms with van der Waals surface area (Å²) in [6, 6.07) is 11.1. The van der Waals surface area contributed by atoms with E-state index in [1.165, 1.54) is 6.07 Å². The van der Waals surface area contributed by atoms with Crippen LogP contribution in [0, 0.1) is 24.0 Å². The first-order valence-corrected chi connectivity index (χ1v) is 8.10. The molecule has 7 heteroatoms. The third kappa shape index (κ3) is 3.42. The summed E-state index contributed by atoms with van der Waals surface area (Å²) in [5.74, 6) is -1.86. The molecule has 0 spiro atoms. The van der Waals surface area contributed by atoms with E-state index >= 15 is 0 Å². The molecule has 2 aromatic rings. The molecule has 0 saturated heterocycles. The van der Waals surface area contributed by atoms with Gasteiger partial charge in [0.2, 0.25) is 0 Å². The minimum Gasteiger partial charge on any atom is -0.479 e. The average Bonchev–Trinajstić information content (AvgIpc) is 2.59. The number of nitrogens with zero attached hydrogens (tertiary/aromatic N) is 1. The van der Waals surface area contributed by atoms with E-state index in [-0.39, 0.29) is 17.7 Å². The Morgan fingerprint density at radius 3 is 2.27 bits per heavy atom. The van der Waals surface area contributed by atoms with E-state index in [2.05, 4.69) is 5.32 Å². The van der Waals surface area contributed by atoms with E-state index in [0.717, 1.165) is 0 Å². The molecular formula is C19H20N2O5. The number of carbonyl (C=O) groups is 2. The van der Waals surface area contributed by atoms with E-state index in [0.29, 0.717) is 16.7 Å². The van der Waals surface area contributed by atoms with Gasteiger partial charge in [0.25, 0.3) is 11.6 Å². The van der Waals surface area contributed by atoms with E-state index in [1.807, 2.05) is 0 Å². The Morgan fingerprint density at radius 2 is 1.77 bits per heavy atom. The Bertz CT molecular complexity index is 864. The molecule has 26 heavy (non-hydrogen) atoms. The van der Waals surface area contributed by atoms with Crippen LogP contribution in [0.1, 0.15) is 40.4 Å². The van der Waals surface area contributed by atoms with Crippen LogP contribution in [0.25, 0.3) is 0 Å². The lowest BCUT2D eigenvalue weighted by molar-refractivity contribution is -0.385. The summed E-state index contributed by atoms with van der Waals surface area (Å²) in [5.41, 5.74) is -0.316. The molecule has 2 N–H and O–H groups in total. The van der Waals surface area contributed by atoms with Crippen LogP contribution in [-0.2, 0) is 10.3 Å². The van der Waals surface area contributed by atoms with Crippen LogP contribution >= 0.6 is 0 Å². The molecule has 2 aromatic carbocycles. The fourth-order valence-electron chi connectivity index (χ4n) is 2.96. The molecule has 1 atom stereocenters. The molecule has 0 fully saturated rings. The van der Waals surface area contributed by atoms with Crippen molar-refractivity contribution >= 4 is 17.6 Å². The molecule has 7 nitrogen and oxygen atoms in total. The minimum atomic E-state index is -1.62. The van der Waals surface area contributed by atoms with E-state index < -0.39 is 22.3 Å². The summed E-state index contributed by atoms with van der Waals surface area (Å²) >= 11 is 0. The van der Waals surface area contributed by atoms with Gasteiger partial charge in [-0.1, -0.05) is 37.3 Å². The van der Waals surface area contributed by atoms with Crippen molar-refractivity contribution in [2.75, 3.05) is 0 Å². The van der Waals surface area contributed by atoms with E-state index in [4.69, 9.17) is 0 Å². The predicted molar refractivity (Wildman–Crippen MR) is 96.1 cm³/mol. The highest BCUT2D eigenvalue weighted by molar-refractivity contribution is 6.00. The Hall–Kier alpha value is -3.22. The second-order valence-electron chi connectivity index (χ2n) is 6.09. The topological polar surface area (TPSA) is 110 Å². The maximum atomic E-state index is 12.8. The third-order valence-electron chi connectivity index (χ3n) is 4.47. The fourth-order valence-corrected chi connectivity index (χ4v) is 2.96. The molecule has 0 aliphatic heterocycles. The van der Waals surface area contributed by atoms with Gasteiger partial charge < -0.3 is 10.4 Å². The molecular weight excluding hydrogens is 336 g/mol. The molecule has 0 heterocycles. The summed E-state index contributed by atoms with van der Waals surface area (Å²) in [6.07, 6.45) is 0.116. The monoisotopic (exact) mass is 356 g/mol. The van der Waals surface area contributed by atoms with Crippen LogP contribution in [0.3, 0.4) is 0 Å². The number of nitro groups is 1. The van der Waals surface area contributed by atoms with Gasteiger partial charge in [-0.05, 0) is 37.5 Å². The minimum absolute atomic E-state index is 0.0808. The number of carbonyl (C=O) groups excluding carboxylic acids is 1. The molecule has 0 radical (unpaired) electrons. The number of aliphatic carboxylic acids is 1. The first-order valence-electron chi connectivity index (χ1n) is 8.10. The van der Waals surface area contributed by atoms with Crippen LogP contribution in [0.5, 0.6) is 0 Å². The van der Waals surface area contributed by atoms with Gasteiger partial charge in [-0.25, -0.2) is 4.79 Å². The quantitative estimate of drug-likeness (QED) is 0.609. The Labute approximate surface area is 150 Å². The van der Waals surface area contributed by atoms with Gasteiger partial charge in [0, 0.05) is 17.2 Å². The fraction of sp³-hybridized carbons (Fsp3) is 0.263. The lowest BCUT2D eigenvalue weighted by Gasteiger charge is -2.30. The average molecular weight is 356 g/mol. The molecule has 1 amide bonds. The first-order chi connectivity index (χ1) is 12.2. The molecule has 2 rings (SSSR count). The number of nitro benzene ring substituents is 1. The lowest BCUT2D eigenvalue weighted by Crippen LogP contribution is -2.51. The van der Waals surface area contributed by atoms with Gasteiger partial charge in [0.1, 0.15) is 0 Å². The first kappa shape index (κ1) is 19.1. The van der Waals surface area contributed by atoms with Gasteiger partial charge in [-0.15, -0.1) is 0 Å². The highest BCUT2D eigenvalue weighted by Gasteiger charge is 2.40. The summed E-state index contributed by atoms with van der Waals surface area (Å²) in [6.45, 7) is 4.90. The van der Waals surface area contributed by atoms with Crippen molar-refractivity contribution in [2.45, 2.75) is 32.7 Å². The summed E-state index contributed by atoms with van der Waals surface area (Å²) in [5, 5.41) is 23.5. The number of nitrogens with one attached hydrogen (secondary N) is 1. The smallest absolute Gasteiger partial charge is 0.334 e. The Balaban J connectivity index is 2.51. The normalized spacial score (nSPS) is 12.9. The molecule has 0 saturated carbocycles. The zero-order valence-electron chi connectivity index (χ0n) is 14.8. The van der Waals surface area contributed by atoms with Crippen molar-refractivity contribution in [1.82, 2.24) is 5.32 Å². The van der Waals surface area contributed by atoms with Gasteiger partial charge >= 0.3 is 5.97 Å². The van der Waals surface area contributed by atoms with Gasteiger partial charge in [-0.3, -0.25) is 14.9 Å². The van der Waals surface area contributed by atoms with Crippen molar-refractivity contribution in [3.63, 3.8) is 0 Å². The lowest BCUT2D eigenvalue weighted by atomic mass is 9.86. The maximum Gasteiger partial charge on any atom is 0.334 e. The number of carboxylic acids is 1. The number of rotatable bonds is 6. The highest BCUT2D eigenvalue weighted by atomic mass is 16.6. The number of hydrogen-bond acceptors (Lipinski definition) is 4. The molecule has 0 aliphatic rings. The van der Waals surface area contributed by atoms with Gasteiger partial charge in [0.05, 0.1) is 4.92 Å².